The summed E-state index contributed by atoms with van der Waals surface area (Å²) in [6, 6.07) is 16.4. The maximum Gasteiger partial charge on any atom is 0.338 e. The lowest BCUT2D eigenvalue weighted by molar-refractivity contribution is 0.0521. The third-order valence-electron chi connectivity index (χ3n) is 3.46. The van der Waals surface area contributed by atoms with Crippen LogP contribution in [0.3, 0.4) is 0 Å². The number of methoxy groups -OCH3 is 1. The highest BCUT2D eigenvalue weighted by atomic mass is 35.5. The normalized spacial score (nSPS) is 11.6. The molecule has 0 aliphatic rings. The van der Waals surface area contributed by atoms with Crippen molar-refractivity contribution in [3.05, 3.63) is 77.9 Å². The highest BCUT2D eigenvalue weighted by molar-refractivity contribution is 6.19. The zero-order valence-electron chi connectivity index (χ0n) is 14.1. The summed E-state index contributed by atoms with van der Waals surface area (Å²) in [5, 5.41) is 0. The molecule has 1 unspecified atom stereocenters. The van der Waals surface area contributed by atoms with E-state index in [1.165, 1.54) is 0 Å². The Morgan fingerprint density at radius 3 is 2.44 bits per heavy atom. The molecular weight excluding hydrogens is 340 g/mol. The van der Waals surface area contributed by atoms with Gasteiger partial charge >= 0.3 is 5.97 Å². The van der Waals surface area contributed by atoms with Crippen molar-refractivity contribution in [1.82, 2.24) is 0 Å². The highest BCUT2D eigenvalue weighted by Gasteiger charge is 2.11. The molecule has 0 N–H and O–H groups in total. The molecule has 0 heterocycles. The van der Waals surface area contributed by atoms with Crippen LogP contribution in [0, 0.1) is 0 Å². The van der Waals surface area contributed by atoms with Crippen molar-refractivity contribution in [1.29, 1.82) is 0 Å². The van der Waals surface area contributed by atoms with Gasteiger partial charge in [0.15, 0.2) is 0 Å². The summed E-state index contributed by atoms with van der Waals surface area (Å²) in [4.78, 5) is 11.9. The van der Waals surface area contributed by atoms with Gasteiger partial charge in [0.05, 0.1) is 19.3 Å². The maximum absolute atomic E-state index is 11.9. The molecule has 0 aliphatic carbocycles. The van der Waals surface area contributed by atoms with E-state index in [-0.39, 0.29) is 12.6 Å². The fourth-order valence-corrected chi connectivity index (χ4v) is 2.36. The first kappa shape index (κ1) is 19.0. The van der Waals surface area contributed by atoms with Crippen LogP contribution in [0.4, 0.5) is 0 Å². The summed E-state index contributed by atoms with van der Waals surface area (Å²) in [5.41, 5.74) is 1.66. The molecule has 0 amide bonds. The van der Waals surface area contributed by atoms with Crippen LogP contribution in [0.15, 0.2) is 66.7 Å². The summed E-state index contributed by atoms with van der Waals surface area (Å²) in [5.74, 6) is 0.409. The number of hydrogen-bond acceptors (Lipinski definition) is 4. The first-order valence-electron chi connectivity index (χ1n) is 7.86. The molecule has 0 radical (unpaired) electrons. The van der Waals surface area contributed by atoms with Gasteiger partial charge in [0.25, 0.3) is 0 Å². The second-order valence-corrected chi connectivity index (χ2v) is 5.95. The number of benzene rings is 2. The minimum Gasteiger partial charge on any atom is -0.497 e. The number of rotatable bonds is 9. The van der Waals surface area contributed by atoms with E-state index in [9.17, 15) is 4.79 Å². The zero-order valence-corrected chi connectivity index (χ0v) is 14.9. The third kappa shape index (κ3) is 6.61. The van der Waals surface area contributed by atoms with Crippen molar-refractivity contribution in [2.45, 2.75) is 18.6 Å². The summed E-state index contributed by atoms with van der Waals surface area (Å²) < 4.78 is 15.9. The van der Waals surface area contributed by atoms with Gasteiger partial charge in [-0.05, 0) is 35.4 Å². The second kappa shape index (κ2) is 9.87. The predicted molar refractivity (Wildman–Crippen MR) is 97.9 cm³/mol. The summed E-state index contributed by atoms with van der Waals surface area (Å²) in [6.07, 6.45) is 0.403. The van der Waals surface area contributed by atoms with E-state index in [0.29, 0.717) is 24.2 Å². The number of hydrogen-bond donors (Lipinski definition) is 0. The molecule has 0 bridgehead atoms. The predicted octanol–water partition coefficient (Wildman–Crippen LogP) is 4.58. The van der Waals surface area contributed by atoms with Crippen molar-refractivity contribution >= 4 is 17.6 Å². The molecule has 0 aliphatic heterocycles. The van der Waals surface area contributed by atoms with Gasteiger partial charge in [-0.1, -0.05) is 48.5 Å². The topological polar surface area (TPSA) is 44.8 Å². The molecule has 0 fully saturated rings. The Hall–Kier alpha value is -2.30. The lowest BCUT2D eigenvalue weighted by atomic mass is 10.2. The highest BCUT2D eigenvalue weighted by Crippen LogP contribution is 2.16. The van der Waals surface area contributed by atoms with Gasteiger partial charge in [-0.25, -0.2) is 4.79 Å². The lowest BCUT2D eigenvalue weighted by Gasteiger charge is -2.13. The van der Waals surface area contributed by atoms with Crippen molar-refractivity contribution in [2.24, 2.45) is 0 Å². The van der Waals surface area contributed by atoms with Gasteiger partial charge < -0.3 is 14.2 Å². The molecule has 0 spiro atoms. The molecule has 0 saturated carbocycles. The molecule has 2 rings (SSSR count). The second-order valence-electron chi connectivity index (χ2n) is 5.47. The van der Waals surface area contributed by atoms with E-state index in [0.717, 1.165) is 11.3 Å². The lowest BCUT2D eigenvalue weighted by Crippen LogP contribution is -2.12. The minimum atomic E-state index is -0.537. The third-order valence-corrected chi connectivity index (χ3v) is 3.74. The van der Waals surface area contributed by atoms with Crippen LogP contribution in [0.1, 0.15) is 22.3 Å². The Balaban J connectivity index is 1.69. The Morgan fingerprint density at radius 1 is 1.12 bits per heavy atom. The van der Waals surface area contributed by atoms with Crippen molar-refractivity contribution in [3.8, 4) is 5.75 Å². The van der Waals surface area contributed by atoms with Crippen LogP contribution in [-0.4, -0.2) is 25.2 Å². The Kier molecular flexibility index (Phi) is 7.51. The van der Waals surface area contributed by atoms with Crippen LogP contribution in [0.2, 0.25) is 0 Å². The van der Waals surface area contributed by atoms with E-state index in [4.69, 9.17) is 25.8 Å². The summed E-state index contributed by atoms with van der Waals surface area (Å²) >= 11 is 6.17. The number of carbonyl (C=O) groups excluding carboxylic acids is 1. The van der Waals surface area contributed by atoms with Gasteiger partial charge in [0.1, 0.15) is 17.9 Å². The Labute approximate surface area is 153 Å². The smallest absolute Gasteiger partial charge is 0.338 e. The molecule has 25 heavy (non-hydrogen) atoms. The molecule has 2 aromatic rings. The van der Waals surface area contributed by atoms with Crippen LogP contribution < -0.4 is 4.74 Å². The standard InChI is InChI=1S/C20H21ClO4/c1-15(13-25-20(22)17-6-4-3-5-7-17)12-19(21)24-14-16-8-10-18(23-2)11-9-16/h3-11,19H,1,12-14H2,2H3. The molecule has 0 aromatic heterocycles. The monoisotopic (exact) mass is 360 g/mol. The van der Waals surface area contributed by atoms with E-state index < -0.39 is 5.56 Å². The van der Waals surface area contributed by atoms with E-state index in [1.54, 1.807) is 31.4 Å². The quantitative estimate of drug-likeness (QED) is 0.373. The van der Waals surface area contributed by atoms with Crippen LogP contribution >= 0.6 is 11.6 Å². The van der Waals surface area contributed by atoms with Crippen molar-refractivity contribution in [2.75, 3.05) is 13.7 Å². The fourth-order valence-electron chi connectivity index (χ4n) is 2.08. The fraction of sp³-hybridized carbons (Fsp3) is 0.250. The number of carbonyl (C=O) groups is 1. The maximum atomic E-state index is 11.9. The molecular formula is C20H21ClO4. The largest absolute Gasteiger partial charge is 0.497 e. The SMILES string of the molecule is C=C(COC(=O)c1ccccc1)CC(Cl)OCc1ccc(OC)cc1. The van der Waals surface area contributed by atoms with Gasteiger partial charge in [0, 0.05) is 6.42 Å². The van der Waals surface area contributed by atoms with Crippen LogP contribution in [-0.2, 0) is 16.1 Å². The number of halogens is 1. The van der Waals surface area contributed by atoms with Crippen molar-refractivity contribution < 1.29 is 19.0 Å². The average Bonchev–Trinajstić information content (AvgIpc) is 2.65. The first-order chi connectivity index (χ1) is 12.1. The van der Waals surface area contributed by atoms with E-state index in [1.807, 2.05) is 30.3 Å². The molecule has 132 valence electrons. The number of esters is 1. The van der Waals surface area contributed by atoms with E-state index in [2.05, 4.69) is 6.58 Å². The zero-order chi connectivity index (χ0) is 18.1. The number of ether oxygens (including phenoxy) is 3. The van der Waals surface area contributed by atoms with Gasteiger partial charge in [-0.3, -0.25) is 0 Å². The molecule has 4 nitrogen and oxygen atoms in total. The number of alkyl halides is 1. The van der Waals surface area contributed by atoms with Crippen molar-refractivity contribution in [3.63, 3.8) is 0 Å². The first-order valence-corrected chi connectivity index (χ1v) is 8.29. The summed E-state index contributed by atoms with van der Waals surface area (Å²) in [7, 11) is 1.62. The molecule has 0 saturated heterocycles. The minimum absolute atomic E-state index is 0.114. The van der Waals surface area contributed by atoms with Gasteiger partial charge in [-0.15, -0.1) is 0 Å². The average molecular weight is 361 g/mol. The van der Waals surface area contributed by atoms with Gasteiger partial charge in [0.2, 0.25) is 0 Å². The van der Waals surface area contributed by atoms with E-state index >= 15 is 0 Å². The van der Waals surface area contributed by atoms with Crippen LogP contribution in [0.25, 0.3) is 0 Å². The molecule has 2 aromatic carbocycles. The molecule has 1 atom stereocenters. The Bertz CT molecular complexity index is 683. The Morgan fingerprint density at radius 2 is 1.80 bits per heavy atom. The molecule has 5 heteroatoms. The summed E-state index contributed by atoms with van der Waals surface area (Å²) in [6.45, 7) is 4.38. The van der Waals surface area contributed by atoms with Gasteiger partial charge in [-0.2, -0.15) is 0 Å². The van der Waals surface area contributed by atoms with Crippen LogP contribution in [0.5, 0.6) is 5.75 Å².